The van der Waals surface area contributed by atoms with Gasteiger partial charge in [0.05, 0.1) is 10.6 Å². The van der Waals surface area contributed by atoms with Gasteiger partial charge in [-0.3, -0.25) is 13.9 Å². The molecular weight excluding hydrogens is 534 g/mol. The zero-order valence-corrected chi connectivity index (χ0v) is 24.6. The molecule has 9 heteroatoms. The Balaban J connectivity index is 2.08. The van der Waals surface area contributed by atoms with Crippen LogP contribution in [0.2, 0.25) is 5.02 Å². The number of rotatable bonds is 10. The molecule has 0 bridgehead atoms. The van der Waals surface area contributed by atoms with Crippen LogP contribution in [0.5, 0.6) is 0 Å². The Kier molecular flexibility index (Phi) is 9.80. The molecule has 39 heavy (non-hydrogen) atoms. The van der Waals surface area contributed by atoms with E-state index in [0.717, 1.165) is 9.87 Å². The standard InChI is InChI=1S/C30H36ClN3O4S/c1-6-26(29(36)32-30(3,4)5)33(20-23-13-9-7-10-14-23)28(35)21-34(27-18-17-24(31)19-22(27)2)39(37,38)25-15-11-8-12-16-25/h7-19,26H,6,20-21H2,1-5H3,(H,32,36)/t26-/m1/s1. The molecule has 3 aromatic carbocycles. The number of aryl methyl sites for hydroxylation is 1. The van der Waals surface area contributed by atoms with Crippen LogP contribution in [0.1, 0.15) is 45.2 Å². The third kappa shape index (κ3) is 7.83. The van der Waals surface area contributed by atoms with E-state index < -0.39 is 34.1 Å². The van der Waals surface area contributed by atoms with Crippen molar-refractivity contribution in [1.82, 2.24) is 10.2 Å². The number of hydrogen-bond acceptors (Lipinski definition) is 4. The molecule has 208 valence electrons. The fourth-order valence-corrected chi connectivity index (χ4v) is 6.01. The number of carbonyl (C=O) groups excluding carboxylic acids is 2. The van der Waals surface area contributed by atoms with Gasteiger partial charge in [-0.1, -0.05) is 67.1 Å². The summed E-state index contributed by atoms with van der Waals surface area (Å²) < 4.78 is 28.9. The van der Waals surface area contributed by atoms with Gasteiger partial charge < -0.3 is 10.2 Å². The van der Waals surface area contributed by atoms with Gasteiger partial charge in [0, 0.05) is 17.1 Å². The Bertz CT molecular complexity index is 1390. The van der Waals surface area contributed by atoms with E-state index >= 15 is 0 Å². The van der Waals surface area contributed by atoms with Gasteiger partial charge in [0.15, 0.2) is 0 Å². The molecule has 0 aromatic heterocycles. The van der Waals surface area contributed by atoms with E-state index in [-0.39, 0.29) is 17.3 Å². The number of nitrogens with one attached hydrogen (secondary N) is 1. The predicted molar refractivity (Wildman–Crippen MR) is 156 cm³/mol. The first-order valence-electron chi connectivity index (χ1n) is 12.8. The highest BCUT2D eigenvalue weighted by Gasteiger charge is 2.35. The van der Waals surface area contributed by atoms with E-state index in [4.69, 9.17) is 11.6 Å². The number of sulfonamides is 1. The molecule has 0 saturated heterocycles. The molecule has 7 nitrogen and oxygen atoms in total. The summed E-state index contributed by atoms with van der Waals surface area (Å²) in [7, 11) is -4.13. The Morgan fingerprint density at radius 2 is 1.54 bits per heavy atom. The van der Waals surface area contributed by atoms with E-state index in [9.17, 15) is 18.0 Å². The number of hydrogen-bond donors (Lipinski definition) is 1. The Hall–Kier alpha value is -3.36. The first-order valence-corrected chi connectivity index (χ1v) is 14.6. The summed E-state index contributed by atoms with van der Waals surface area (Å²) in [5.41, 5.74) is 1.26. The molecule has 1 N–H and O–H groups in total. The monoisotopic (exact) mass is 569 g/mol. The number of anilines is 1. The first kappa shape index (κ1) is 30.2. The summed E-state index contributed by atoms with van der Waals surface area (Å²) in [4.78, 5) is 28.9. The van der Waals surface area contributed by atoms with Gasteiger partial charge in [0.25, 0.3) is 10.0 Å². The summed E-state index contributed by atoms with van der Waals surface area (Å²) in [5, 5.41) is 3.42. The van der Waals surface area contributed by atoms with Crippen molar-refractivity contribution in [3.05, 3.63) is 95.0 Å². The number of carbonyl (C=O) groups is 2. The highest BCUT2D eigenvalue weighted by atomic mass is 35.5. The third-order valence-electron chi connectivity index (χ3n) is 6.12. The maximum absolute atomic E-state index is 14.1. The van der Waals surface area contributed by atoms with E-state index in [2.05, 4.69) is 5.32 Å². The Morgan fingerprint density at radius 1 is 0.949 bits per heavy atom. The van der Waals surface area contributed by atoms with Crippen LogP contribution < -0.4 is 9.62 Å². The summed E-state index contributed by atoms with van der Waals surface area (Å²) in [6.07, 6.45) is 0.353. The fourth-order valence-electron chi connectivity index (χ4n) is 4.28. The average Bonchev–Trinajstić information content (AvgIpc) is 2.87. The smallest absolute Gasteiger partial charge is 0.264 e. The molecule has 0 radical (unpaired) electrons. The van der Waals surface area contributed by atoms with Crippen LogP contribution in [0, 0.1) is 6.92 Å². The highest BCUT2D eigenvalue weighted by molar-refractivity contribution is 7.92. The summed E-state index contributed by atoms with van der Waals surface area (Å²) in [6.45, 7) is 8.85. The Labute approximate surface area is 236 Å². The third-order valence-corrected chi connectivity index (χ3v) is 8.13. The van der Waals surface area contributed by atoms with Gasteiger partial charge in [0.2, 0.25) is 11.8 Å². The minimum atomic E-state index is -4.13. The lowest BCUT2D eigenvalue weighted by Gasteiger charge is -2.35. The quantitative estimate of drug-likeness (QED) is 0.346. The second-order valence-electron chi connectivity index (χ2n) is 10.4. The minimum Gasteiger partial charge on any atom is -0.350 e. The zero-order valence-electron chi connectivity index (χ0n) is 23.0. The molecule has 1 atom stereocenters. The topological polar surface area (TPSA) is 86.8 Å². The van der Waals surface area contributed by atoms with Crippen molar-refractivity contribution in [2.45, 2.75) is 64.1 Å². The van der Waals surface area contributed by atoms with E-state index in [1.807, 2.05) is 58.0 Å². The van der Waals surface area contributed by atoms with Gasteiger partial charge in [-0.15, -0.1) is 0 Å². The number of benzene rings is 3. The van der Waals surface area contributed by atoms with Gasteiger partial charge in [-0.25, -0.2) is 8.42 Å². The SMILES string of the molecule is CC[C@H](C(=O)NC(C)(C)C)N(Cc1ccccc1)C(=O)CN(c1ccc(Cl)cc1C)S(=O)(=O)c1ccccc1. The van der Waals surface area contributed by atoms with E-state index in [0.29, 0.717) is 22.7 Å². The van der Waals surface area contributed by atoms with Gasteiger partial charge in [0.1, 0.15) is 12.6 Å². The number of nitrogens with zero attached hydrogens (tertiary/aromatic N) is 2. The molecule has 3 aromatic rings. The summed E-state index contributed by atoms with van der Waals surface area (Å²) in [6, 6.07) is 21.3. The van der Waals surface area contributed by atoms with Crippen molar-refractivity contribution >= 4 is 39.1 Å². The van der Waals surface area contributed by atoms with Gasteiger partial charge in [-0.2, -0.15) is 0 Å². The molecule has 0 heterocycles. The van der Waals surface area contributed by atoms with Gasteiger partial charge >= 0.3 is 0 Å². The van der Waals surface area contributed by atoms with Crippen LogP contribution in [-0.2, 0) is 26.2 Å². The minimum absolute atomic E-state index is 0.0549. The molecule has 0 saturated carbocycles. The van der Waals surface area contributed by atoms with Crippen molar-refractivity contribution in [3.8, 4) is 0 Å². The van der Waals surface area contributed by atoms with Crippen LogP contribution in [0.25, 0.3) is 0 Å². The first-order chi connectivity index (χ1) is 18.3. The molecular formula is C30H36ClN3O4S. The molecule has 0 aliphatic heterocycles. The molecule has 0 fully saturated rings. The molecule has 3 rings (SSSR count). The predicted octanol–water partition coefficient (Wildman–Crippen LogP) is 5.57. The second-order valence-corrected chi connectivity index (χ2v) is 12.7. The zero-order chi connectivity index (χ0) is 28.8. The molecule has 0 spiro atoms. The maximum atomic E-state index is 14.1. The lowest BCUT2D eigenvalue weighted by molar-refractivity contribution is -0.141. The van der Waals surface area contributed by atoms with E-state index in [1.165, 1.54) is 17.0 Å². The maximum Gasteiger partial charge on any atom is 0.264 e. The van der Waals surface area contributed by atoms with Crippen molar-refractivity contribution in [2.75, 3.05) is 10.8 Å². The van der Waals surface area contributed by atoms with Crippen LogP contribution in [-0.4, -0.2) is 43.3 Å². The summed E-state index contributed by atoms with van der Waals surface area (Å²) >= 11 is 6.16. The molecule has 0 aliphatic carbocycles. The summed E-state index contributed by atoms with van der Waals surface area (Å²) in [5.74, 6) is -0.793. The number of amides is 2. The fraction of sp³-hybridized carbons (Fsp3) is 0.333. The Morgan fingerprint density at radius 3 is 2.08 bits per heavy atom. The van der Waals surface area contributed by atoms with Crippen molar-refractivity contribution in [1.29, 1.82) is 0 Å². The largest absolute Gasteiger partial charge is 0.350 e. The number of halogens is 1. The molecule has 0 aliphatic rings. The highest BCUT2D eigenvalue weighted by Crippen LogP contribution is 2.29. The van der Waals surface area contributed by atoms with Crippen LogP contribution in [0.3, 0.4) is 0 Å². The lowest BCUT2D eigenvalue weighted by atomic mass is 10.1. The molecule has 2 amide bonds. The van der Waals surface area contributed by atoms with Crippen molar-refractivity contribution < 1.29 is 18.0 Å². The van der Waals surface area contributed by atoms with Gasteiger partial charge in [-0.05, 0) is 75.6 Å². The van der Waals surface area contributed by atoms with Crippen LogP contribution in [0.15, 0.2) is 83.8 Å². The normalized spacial score (nSPS) is 12.5. The average molecular weight is 570 g/mol. The van der Waals surface area contributed by atoms with Crippen LogP contribution in [0.4, 0.5) is 5.69 Å². The second kappa shape index (κ2) is 12.7. The van der Waals surface area contributed by atoms with Crippen molar-refractivity contribution in [2.24, 2.45) is 0 Å². The van der Waals surface area contributed by atoms with Crippen LogP contribution >= 0.6 is 11.6 Å². The molecule has 0 unspecified atom stereocenters. The van der Waals surface area contributed by atoms with E-state index in [1.54, 1.807) is 43.3 Å². The lowest BCUT2D eigenvalue weighted by Crippen LogP contribution is -2.55. The van der Waals surface area contributed by atoms with Crippen molar-refractivity contribution in [3.63, 3.8) is 0 Å².